The van der Waals surface area contributed by atoms with Crippen molar-refractivity contribution in [3.05, 3.63) is 0 Å². The molecule has 0 saturated heterocycles. The summed E-state index contributed by atoms with van der Waals surface area (Å²) >= 11 is 0. The molecule has 0 radical (unpaired) electrons. The highest BCUT2D eigenvalue weighted by Crippen LogP contribution is 2.18. The van der Waals surface area contributed by atoms with Gasteiger partial charge in [0.15, 0.2) is 0 Å². The maximum Gasteiger partial charge on any atom is 0.210 e. The van der Waals surface area contributed by atoms with Crippen LogP contribution in [0.4, 0.5) is 0 Å². The molecule has 0 aromatic heterocycles. The Kier molecular flexibility index (Phi) is 5.82. The Bertz CT molecular complexity index is 453. The fourth-order valence-electron chi connectivity index (χ4n) is 1.91. The van der Waals surface area contributed by atoms with Crippen molar-refractivity contribution in [3.63, 3.8) is 0 Å². The SMILES string of the molecule is COC1=N[C@H](CC#C[Si](C)(C)C)C(OC)=N[C@H]1C(C)C. The predicted octanol–water partition coefficient (Wildman–Crippen LogP) is 2.75. The number of hydrogen-bond donors (Lipinski definition) is 0. The van der Waals surface area contributed by atoms with Gasteiger partial charge in [-0.3, -0.25) is 0 Å². The highest BCUT2D eigenvalue weighted by molar-refractivity contribution is 6.83. The molecule has 4 nitrogen and oxygen atoms in total. The molecule has 0 unspecified atom stereocenters. The predicted molar refractivity (Wildman–Crippen MR) is 87.0 cm³/mol. The van der Waals surface area contributed by atoms with Gasteiger partial charge in [0, 0.05) is 6.42 Å². The Labute approximate surface area is 123 Å². The van der Waals surface area contributed by atoms with E-state index in [1.165, 1.54) is 0 Å². The van der Waals surface area contributed by atoms with Gasteiger partial charge in [-0.25, -0.2) is 9.98 Å². The molecule has 0 amide bonds. The summed E-state index contributed by atoms with van der Waals surface area (Å²) in [5.74, 6) is 4.91. The zero-order valence-corrected chi connectivity index (χ0v) is 14.7. The molecule has 2 atom stereocenters. The lowest BCUT2D eigenvalue weighted by molar-refractivity contribution is 0.333. The normalized spacial score (nSPS) is 22.6. The highest BCUT2D eigenvalue weighted by Gasteiger charge is 2.30. The molecule has 0 spiro atoms. The van der Waals surface area contributed by atoms with Crippen molar-refractivity contribution in [2.75, 3.05) is 14.2 Å². The first-order valence-corrected chi connectivity index (χ1v) is 10.5. The molecule has 1 rings (SSSR count). The molecule has 0 fully saturated rings. The lowest BCUT2D eigenvalue weighted by atomic mass is 10.0. The van der Waals surface area contributed by atoms with Crippen LogP contribution in [-0.2, 0) is 9.47 Å². The van der Waals surface area contributed by atoms with Crippen LogP contribution in [0.2, 0.25) is 19.6 Å². The summed E-state index contributed by atoms with van der Waals surface area (Å²) in [6.45, 7) is 10.9. The van der Waals surface area contributed by atoms with Crippen LogP contribution >= 0.6 is 0 Å². The van der Waals surface area contributed by atoms with Crippen molar-refractivity contribution in [3.8, 4) is 11.5 Å². The highest BCUT2D eigenvalue weighted by atomic mass is 28.3. The number of rotatable bonds is 2. The molecule has 1 heterocycles. The minimum absolute atomic E-state index is 0.0591. The van der Waals surface area contributed by atoms with Gasteiger partial charge in [-0.2, -0.15) is 0 Å². The topological polar surface area (TPSA) is 43.2 Å². The van der Waals surface area contributed by atoms with Crippen LogP contribution in [0.25, 0.3) is 0 Å². The van der Waals surface area contributed by atoms with Gasteiger partial charge in [0.2, 0.25) is 11.8 Å². The summed E-state index contributed by atoms with van der Waals surface area (Å²) in [5.41, 5.74) is 3.35. The standard InChI is InChI=1S/C15H26N2O2Si/c1-11(2)13-15(19-4)16-12(14(17-13)18-3)9-8-10-20(5,6)7/h11-13H,9H2,1-7H3/t12-,13+/m1/s1. The molecule has 0 bridgehead atoms. The molecule has 0 N–H and O–H groups in total. The van der Waals surface area contributed by atoms with E-state index in [0.29, 0.717) is 24.1 Å². The van der Waals surface area contributed by atoms with Gasteiger partial charge >= 0.3 is 0 Å². The van der Waals surface area contributed by atoms with Crippen LogP contribution in [0.15, 0.2) is 9.98 Å². The number of nitrogens with zero attached hydrogens (tertiary/aromatic N) is 2. The Morgan fingerprint density at radius 3 is 2.15 bits per heavy atom. The molecule has 0 aliphatic carbocycles. The van der Waals surface area contributed by atoms with Gasteiger partial charge in [0.05, 0.1) is 14.2 Å². The van der Waals surface area contributed by atoms with E-state index in [0.717, 1.165) is 0 Å². The van der Waals surface area contributed by atoms with Gasteiger partial charge in [-0.15, -0.1) is 11.5 Å². The largest absolute Gasteiger partial charge is 0.483 e. The third-order valence-electron chi connectivity index (χ3n) is 2.90. The first-order valence-electron chi connectivity index (χ1n) is 7.02. The summed E-state index contributed by atoms with van der Waals surface area (Å²) in [7, 11) is 1.93. The van der Waals surface area contributed by atoms with E-state index < -0.39 is 8.07 Å². The Hall–Kier alpha value is -1.28. The molecular weight excluding hydrogens is 268 g/mol. The molecular formula is C15H26N2O2Si. The van der Waals surface area contributed by atoms with Crippen LogP contribution in [0, 0.1) is 17.4 Å². The fraction of sp³-hybridized carbons (Fsp3) is 0.733. The van der Waals surface area contributed by atoms with Crippen molar-refractivity contribution >= 4 is 19.9 Å². The quantitative estimate of drug-likeness (QED) is 0.580. The Morgan fingerprint density at radius 2 is 1.70 bits per heavy atom. The second kappa shape index (κ2) is 6.94. The summed E-state index contributed by atoms with van der Waals surface area (Å²) in [6.07, 6.45) is 0.634. The number of aliphatic imine (C=N–C) groups is 2. The van der Waals surface area contributed by atoms with Gasteiger partial charge in [0.25, 0.3) is 0 Å². The third kappa shape index (κ3) is 4.68. The van der Waals surface area contributed by atoms with Crippen LogP contribution < -0.4 is 0 Å². The zero-order chi connectivity index (χ0) is 15.3. The van der Waals surface area contributed by atoms with E-state index in [2.05, 4.69) is 54.9 Å². The van der Waals surface area contributed by atoms with Gasteiger partial charge in [-0.05, 0) is 5.92 Å². The second-order valence-corrected chi connectivity index (χ2v) is 11.1. The Morgan fingerprint density at radius 1 is 1.10 bits per heavy atom. The molecule has 112 valence electrons. The van der Waals surface area contributed by atoms with Crippen molar-refractivity contribution in [2.45, 2.75) is 52.0 Å². The van der Waals surface area contributed by atoms with Crippen LogP contribution in [0.1, 0.15) is 20.3 Å². The third-order valence-corrected chi connectivity index (χ3v) is 3.82. The van der Waals surface area contributed by atoms with Crippen molar-refractivity contribution in [1.29, 1.82) is 0 Å². The first-order chi connectivity index (χ1) is 9.28. The summed E-state index contributed by atoms with van der Waals surface area (Å²) in [6, 6.07) is -0.204. The fourth-order valence-corrected chi connectivity index (χ4v) is 2.54. The van der Waals surface area contributed by atoms with Gasteiger partial charge in [0.1, 0.15) is 20.2 Å². The molecule has 5 heteroatoms. The minimum Gasteiger partial charge on any atom is -0.483 e. The average molecular weight is 294 g/mol. The minimum atomic E-state index is -1.35. The van der Waals surface area contributed by atoms with E-state index in [1.807, 2.05) is 0 Å². The molecule has 0 saturated carbocycles. The van der Waals surface area contributed by atoms with Crippen LogP contribution in [0.5, 0.6) is 0 Å². The first kappa shape index (κ1) is 16.8. The molecule has 0 aromatic carbocycles. The van der Waals surface area contributed by atoms with E-state index in [9.17, 15) is 0 Å². The smallest absolute Gasteiger partial charge is 0.210 e. The lowest BCUT2D eigenvalue weighted by Crippen LogP contribution is -2.37. The maximum absolute atomic E-state index is 5.39. The molecule has 1 aliphatic heterocycles. The monoisotopic (exact) mass is 294 g/mol. The average Bonchev–Trinajstić information content (AvgIpc) is 2.36. The van der Waals surface area contributed by atoms with Crippen LogP contribution in [-0.4, -0.2) is 46.2 Å². The molecule has 1 aliphatic rings. The van der Waals surface area contributed by atoms with Crippen molar-refractivity contribution < 1.29 is 9.47 Å². The number of ether oxygens (including phenoxy) is 2. The van der Waals surface area contributed by atoms with Crippen molar-refractivity contribution in [1.82, 2.24) is 0 Å². The van der Waals surface area contributed by atoms with E-state index in [4.69, 9.17) is 9.47 Å². The van der Waals surface area contributed by atoms with E-state index in [-0.39, 0.29) is 12.1 Å². The number of methoxy groups -OCH3 is 2. The molecule has 20 heavy (non-hydrogen) atoms. The Balaban J connectivity index is 2.92. The summed E-state index contributed by atoms with van der Waals surface area (Å²) < 4.78 is 10.8. The maximum atomic E-state index is 5.39. The van der Waals surface area contributed by atoms with Crippen LogP contribution in [0.3, 0.4) is 0 Å². The second-order valence-electron chi connectivity index (χ2n) is 6.30. The summed E-state index contributed by atoms with van der Waals surface area (Å²) in [5, 5.41) is 0. The molecule has 0 aromatic rings. The van der Waals surface area contributed by atoms with Gasteiger partial charge < -0.3 is 9.47 Å². The van der Waals surface area contributed by atoms with Gasteiger partial charge in [-0.1, -0.05) is 33.5 Å². The lowest BCUT2D eigenvalue weighted by Gasteiger charge is -2.26. The number of hydrogen-bond acceptors (Lipinski definition) is 4. The zero-order valence-electron chi connectivity index (χ0n) is 13.7. The van der Waals surface area contributed by atoms with E-state index >= 15 is 0 Å². The summed E-state index contributed by atoms with van der Waals surface area (Å²) in [4.78, 5) is 9.26. The van der Waals surface area contributed by atoms with Crippen molar-refractivity contribution in [2.24, 2.45) is 15.9 Å². The van der Waals surface area contributed by atoms with E-state index in [1.54, 1.807) is 14.2 Å².